The maximum Gasteiger partial charge on any atom is 0.255 e. The number of Topliss-reactive ketones (excluding diaryl/α,β-unsaturated/α-hetero) is 1. The summed E-state index contributed by atoms with van der Waals surface area (Å²) in [6.07, 6.45) is 2.87. The van der Waals surface area contributed by atoms with Crippen molar-refractivity contribution < 1.29 is 14.6 Å². The van der Waals surface area contributed by atoms with Gasteiger partial charge in [0.1, 0.15) is 15.1 Å². The van der Waals surface area contributed by atoms with E-state index in [0.29, 0.717) is 57.9 Å². The number of rotatable bonds is 10. The summed E-state index contributed by atoms with van der Waals surface area (Å²) < 4.78 is 10.4. The number of aliphatic hydroxyl groups excluding tert-OH is 1. The molecule has 0 saturated carbocycles. The lowest BCUT2D eigenvalue weighted by Crippen LogP contribution is -2.16. The standard InChI is InChI=1S/C23H20ClIN4O4S/c24-21-10-9-20(34-21)18(31)8-6-16-23(25)29(27-26-16)17-7-5-15(14-19(17)33-13-3-12-30)28-11-2-1-4-22(28)32/h1-2,4-5,7,9-11,14,30H,3,6,8,12-13H2. The van der Waals surface area contributed by atoms with Crippen molar-refractivity contribution in [3.63, 3.8) is 0 Å². The molecule has 0 radical (unpaired) electrons. The Hall–Kier alpha value is -2.54. The van der Waals surface area contributed by atoms with Crippen molar-refractivity contribution in [2.24, 2.45) is 0 Å². The number of pyridine rings is 1. The van der Waals surface area contributed by atoms with E-state index in [1.165, 1.54) is 22.0 Å². The Labute approximate surface area is 217 Å². The molecule has 0 aliphatic carbocycles. The van der Waals surface area contributed by atoms with E-state index in [1.807, 2.05) is 6.07 Å². The quantitative estimate of drug-likeness (QED) is 0.163. The molecule has 0 aliphatic heterocycles. The van der Waals surface area contributed by atoms with E-state index in [4.69, 9.17) is 21.4 Å². The van der Waals surface area contributed by atoms with Crippen LogP contribution in [0.4, 0.5) is 0 Å². The summed E-state index contributed by atoms with van der Waals surface area (Å²) in [5.74, 6) is 0.508. The molecule has 1 N–H and O–H groups in total. The van der Waals surface area contributed by atoms with Crippen molar-refractivity contribution in [2.45, 2.75) is 19.3 Å². The van der Waals surface area contributed by atoms with Gasteiger partial charge in [-0.3, -0.25) is 14.2 Å². The second-order valence-corrected chi connectivity index (χ2v) is 9.99. The molecular weight excluding hydrogens is 591 g/mol. The van der Waals surface area contributed by atoms with Crippen LogP contribution in [0.15, 0.2) is 59.5 Å². The highest BCUT2D eigenvalue weighted by Gasteiger charge is 2.18. The fraction of sp³-hybridized carbons (Fsp3) is 0.217. The smallest absolute Gasteiger partial charge is 0.255 e. The van der Waals surface area contributed by atoms with Crippen molar-refractivity contribution in [3.05, 3.63) is 83.7 Å². The molecule has 11 heteroatoms. The van der Waals surface area contributed by atoms with Crippen LogP contribution in [0.3, 0.4) is 0 Å². The lowest BCUT2D eigenvalue weighted by Gasteiger charge is -2.14. The lowest BCUT2D eigenvalue weighted by atomic mass is 10.1. The van der Waals surface area contributed by atoms with Crippen LogP contribution in [0.2, 0.25) is 4.34 Å². The van der Waals surface area contributed by atoms with Gasteiger partial charge in [0, 0.05) is 44.2 Å². The van der Waals surface area contributed by atoms with Crippen LogP contribution in [-0.4, -0.2) is 43.7 Å². The van der Waals surface area contributed by atoms with E-state index < -0.39 is 0 Å². The molecule has 0 fully saturated rings. The van der Waals surface area contributed by atoms with Gasteiger partial charge in [0.25, 0.3) is 5.56 Å². The molecule has 0 unspecified atom stereocenters. The van der Waals surface area contributed by atoms with Crippen LogP contribution in [0.5, 0.6) is 5.75 Å². The molecule has 3 heterocycles. The van der Waals surface area contributed by atoms with Crippen LogP contribution < -0.4 is 10.3 Å². The summed E-state index contributed by atoms with van der Waals surface area (Å²) in [6.45, 7) is 0.300. The summed E-state index contributed by atoms with van der Waals surface area (Å²) >= 11 is 9.35. The first kappa shape index (κ1) is 24.6. The highest BCUT2D eigenvalue weighted by molar-refractivity contribution is 14.1. The van der Waals surface area contributed by atoms with Gasteiger partial charge in [-0.05, 0) is 52.9 Å². The highest BCUT2D eigenvalue weighted by atomic mass is 127. The zero-order valence-corrected chi connectivity index (χ0v) is 21.6. The Bertz CT molecular complexity index is 1370. The van der Waals surface area contributed by atoms with Crippen LogP contribution in [0.25, 0.3) is 11.4 Å². The molecule has 1 aromatic carbocycles. The third-order valence-corrected chi connectivity index (χ3v) is 7.30. The van der Waals surface area contributed by atoms with Gasteiger partial charge in [-0.2, -0.15) is 0 Å². The Morgan fingerprint density at radius 2 is 2.06 bits per heavy atom. The molecule has 0 atom stereocenters. The summed E-state index contributed by atoms with van der Waals surface area (Å²) in [6, 6.07) is 13.8. The van der Waals surface area contributed by atoms with Gasteiger partial charge in [-0.1, -0.05) is 22.9 Å². The summed E-state index contributed by atoms with van der Waals surface area (Å²) in [7, 11) is 0. The van der Waals surface area contributed by atoms with Crippen LogP contribution in [0.1, 0.15) is 28.2 Å². The van der Waals surface area contributed by atoms with E-state index >= 15 is 0 Å². The number of benzene rings is 1. The second kappa shape index (κ2) is 11.3. The Morgan fingerprint density at radius 3 is 2.79 bits per heavy atom. The van der Waals surface area contributed by atoms with Crippen molar-refractivity contribution in [1.82, 2.24) is 19.6 Å². The summed E-state index contributed by atoms with van der Waals surface area (Å²) in [4.78, 5) is 25.3. The third kappa shape index (κ3) is 5.57. The predicted octanol–water partition coefficient (Wildman–Crippen LogP) is 4.31. The highest BCUT2D eigenvalue weighted by Crippen LogP contribution is 2.29. The molecule has 34 heavy (non-hydrogen) atoms. The number of nitrogens with zero attached hydrogens (tertiary/aromatic N) is 4. The number of carbonyl (C=O) groups is 1. The van der Waals surface area contributed by atoms with E-state index in [0.717, 1.165) is 3.70 Å². The van der Waals surface area contributed by atoms with Gasteiger partial charge in [0.05, 0.1) is 27.2 Å². The van der Waals surface area contributed by atoms with Gasteiger partial charge in [0.2, 0.25) is 0 Å². The lowest BCUT2D eigenvalue weighted by molar-refractivity contribution is 0.0986. The molecule has 8 nitrogen and oxygen atoms in total. The van der Waals surface area contributed by atoms with Crippen molar-refractivity contribution in [1.29, 1.82) is 0 Å². The fourth-order valence-electron chi connectivity index (χ4n) is 3.26. The van der Waals surface area contributed by atoms with Gasteiger partial charge in [-0.25, -0.2) is 4.68 Å². The van der Waals surface area contributed by atoms with Crippen LogP contribution in [-0.2, 0) is 6.42 Å². The van der Waals surface area contributed by atoms with E-state index in [1.54, 1.807) is 47.3 Å². The topological polar surface area (TPSA) is 99.2 Å². The van der Waals surface area contributed by atoms with E-state index in [-0.39, 0.29) is 17.9 Å². The van der Waals surface area contributed by atoms with E-state index in [9.17, 15) is 9.59 Å². The van der Waals surface area contributed by atoms with Gasteiger partial charge in [-0.15, -0.1) is 16.4 Å². The summed E-state index contributed by atoms with van der Waals surface area (Å²) in [5, 5.41) is 17.7. The zero-order valence-electron chi connectivity index (χ0n) is 17.9. The molecule has 0 aliphatic rings. The Kier molecular flexibility index (Phi) is 8.14. The summed E-state index contributed by atoms with van der Waals surface area (Å²) in [5.41, 5.74) is 1.82. The molecular formula is C23H20ClIN4O4S. The monoisotopic (exact) mass is 610 g/mol. The number of aryl methyl sites for hydroxylation is 1. The normalized spacial score (nSPS) is 11.0. The van der Waals surface area contributed by atoms with Gasteiger partial charge in [0.15, 0.2) is 5.78 Å². The number of thiophene rings is 1. The molecule has 4 rings (SSSR count). The molecule has 4 aromatic rings. The van der Waals surface area contributed by atoms with Crippen molar-refractivity contribution in [2.75, 3.05) is 13.2 Å². The van der Waals surface area contributed by atoms with Crippen molar-refractivity contribution in [3.8, 4) is 17.1 Å². The van der Waals surface area contributed by atoms with Gasteiger partial charge < -0.3 is 9.84 Å². The zero-order chi connectivity index (χ0) is 24.1. The average Bonchev–Trinajstić information content (AvgIpc) is 3.43. The molecule has 0 spiro atoms. The SMILES string of the molecule is O=C(CCc1nnn(-c2ccc(-n3ccccc3=O)cc2OCCCO)c1I)c1ccc(Cl)s1. The average molecular weight is 611 g/mol. The number of aromatic nitrogens is 4. The Balaban J connectivity index is 1.61. The van der Waals surface area contributed by atoms with E-state index in [2.05, 4.69) is 32.9 Å². The minimum Gasteiger partial charge on any atom is -0.491 e. The second-order valence-electron chi connectivity index (χ2n) is 7.25. The number of aliphatic hydroxyl groups is 1. The first-order chi connectivity index (χ1) is 16.5. The number of carbonyl (C=O) groups excluding carboxylic acids is 1. The van der Waals surface area contributed by atoms with Gasteiger partial charge >= 0.3 is 0 Å². The fourth-order valence-corrected chi connectivity index (χ4v) is 5.00. The number of hydrogen-bond acceptors (Lipinski definition) is 7. The number of ketones is 1. The Morgan fingerprint density at radius 1 is 1.21 bits per heavy atom. The van der Waals surface area contributed by atoms with Crippen LogP contribution >= 0.6 is 45.5 Å². The maximum atomic E-state index is 12.4. The number of ether oxygens (including phenoxy) is 1. The molecule has 0 bridgehead atoms. The first-order valence-corrected chi connectivity index (χ1v) is 12.7. The minimum absolute atomic E-state index is 0.00164. The molecule has 0 amide bonds. The van der Waals surface area contributed by atoms with Crippen molar-refractivity contribution >= 4 is 51.3 Å². The largest absolute Gasteiger partial charge is 0.491 e. The number of halogens is 2. The first-order valence-electron chi connectivity index (χ1n) is 10.4. The van der Waals surface area contributed by atoms with Crippen LogP contribution in [0, 0.1) is 3.70 Å². The molecule has 0 saturated heterocycles. The maximum absolute atomic E-state index is 12.4. The molecule has 176 valence electrons. The third-order valence-electron chi connectivity index (χ3n) is 4.95. The number of hydrogen-bond donors (Lipinski definition) is 1. The molecule has 3 aromatic heterocycles. The minimum atomic E-state index is -0.161. The predicted molar refractivity (Wildman–Crippen MR) is 139 cm³/mol.